The van der Waals surface area contributed by atoms with Crippen LogP contribution in [0.1, 0.15) is 6.92 Å². The number of aliphatic hydroxyl groups is 1. The Balaban J connectivity index is 1.22. The quantitative estimate of drug-likeness (QED) is 0.259. The maximum absolute atomic E-state index is 12.1. The van der Waals surface area contributed by atoms with E-state index in [1.54, 1.807) is 0 Å². The number of esters is 3. The molecule has 12 nitrogen and oxygen atoms in total. The van der Waals surface area contributed by atoms with Gasteiger partial charge in [-0.3, -0.25) is 4.79 Å². The highest BCUT2D eigenvalue weighted by Gasteiger charge is 2.51. The molecule has 0 aliphatic carbocycles. The lowest BCUT2D eigenvalue weighted by Crippen LogP contribution is -2.35. The van der Waals surface area contributed by atoms with Crippen molar-refractivity contribution < 1.29 is 57.4 Å². The minimum absolute atomic E-state index is 0.0266. The summed E-state index contributed by atoms with van der Waals surface area (Å²) in [6.07, 6.45) is -1.28. The number of aliphatic hydroxyl groups excluding tert-OH is 1. The summed E-state index contributed by atoms with van der Waals surface area (Å²) in [5.41, 5.74) is 0. The lowest BCUT2D eigenvalue weighted by Gasteiger charge is -2.16. The summed E-state index contributed by atoms with van der Waals surface area (Å²) in [5.74, 6) is -2.58. The normalized spacial score (nSPS) is 37.3. The Morgan fingerprint density at radius 2 is 1.00 bits per heavy atom. The molecule has 4 fully saturated rings. The topological polar surface area (TPSA) is 153 Å². The first kappa shape index (κ1) is 23.5. The van der Waals surface area contributed by atoms with Crippen LogP contribution in [-0.2, 0) is 52.3 Å². The van der Waals surface area contributed by atoms with E-state index >= 15 is 0 Å². The molecule has 12 heteroatoms. The van der Waals surface area contributed by atoms with Crippen LogP contribution >= 0.6 is 0 Å². The molecule has 0 spiro atoms. The minimum Gasteiger partial charge on any atom is -0.454 e. The summed E-state index contributed by atoms with van der Waals surface area (Å²) < 4.78 is 37.6. The summed E-state index contributed by atoms with van der Waals surface area (Å²) in [4.78, 5) is 46.8. The van der Waals surface area contributed by atoms with Crippen LogP contribution in [0, 0.1) is 0 Å². The zero-order valence-electron chi connectivity index (χ0n) is 17.7. The Labute approximate surface area is 188 Å². The van der Waals surface area contributed by atoms with E-state index in [0.29, 0.717) is 0 Å². The Morgan fingerprint density at radius 1 is 0.636 bits per heavy atom. The molecule has 0 bridgehead atoms. The van der Waals surface area contributed by atoms with Gasteiger partial charge in [-0.2, -0.15) is 0 Å². The fraction of sp³-hybridized carbons (Fsp3) is 0.619. The van der Waals surface area contributed by atoms with E-state index in [1.807, 2.05) is 0 Å². The average Bonchev–Trinajstić information content (AvgIpc) is 3.52. The van der Waals surface area contributed by atoms with Crippen LogP contribution in [0.2, 0.25) is 0 Å². The van der Waals surface area contributed by atoms with E-state index in [-0.39, 0.29) is 32.2 Å². The average molecular weight is 468 g/mol. The largest absolute Gasteiger partial charge is 0.454 e. The molecule has 33 heavy (non-hydrogen) atoms. The van der Waals surface area contributed by atoms with Crippen molar-refractivity contribution in [2.45, 2.75) is 55.8 Å². The van der Waals surface area contributed by atoms with Gasteiger partial charge in [0.1, 0.15) is 30.5 Å². The third-order valence-electron chi connectivity index (χ3n) is 5.56. The van der Waals surface area contributed by atoms with Gasteiger partial charge in [0, 0.05) is 18.2 Å². The Morgan fingerprint density at radius 3 is 1.45 bits per heavy atom. The van der Waals surface area contributed by atoms with Crippen LogP contribution < -0.4 is 0 Å². The molecule has 8 atom stereocenters. The molecule has 0 unspecified atom stereocenters. The molecule has 0 amide bonds. The first-order valence-corrected chi connectivity index (χ1v) is 10.4. The van der Waals surface area contributed by atoms with E-state index in [4.69, 9.17) is 33.2 Å². The van der Waals surface area contributed by atoms with Crippen LogP contribution in [0.4, 0.5) is 0 Å². The van der Waals surface area contributed by atoms with E-state index in [1.165, 1.54) is 6.92 Å². The first-order chi connectivity index (χ1) is 15.8. The summed E-state index contributed by atoms with van der Waals surface area (Å²) in [6, 6.07) is 0. The van der Waals surface area contributed by atoms with Crippen molar-refractivity contribution >= 4 is 23.7 Å². The minimum atomic E-state index is -0.803. The molecular formula is C21H24O12. The second-order valence-corrected chi connectivity index (χ2v) is 7.96. The van der Waals surface area contributed by atoms with Gasteiger partial charge in [-0.25, -0.2) is 14.4 Å². The number of hydrogen-bond donors (Lipinski definition) is 1. The van der Waals surface area contributed by atoms with E-state index in [2.05, 4.69) is 0 Å². The maximum atomic E-state index is 12.1. The van der Waals surface area contributed by atoms with Gasteiger partial charge in [0.2, 0.25) is 0 Å². The number of carbonyl (C=O) groups is 4. The molecule has 0 aromatic heterocycles. The molecule has 4 rings (SSSR count). The number of allylic oxidation sites excluding steroid dienone is 1. The molecule has 4 aliphatic heterocycles. The van der Waals surface area contributed by atoms with Gasteiger partial charge in [-0.1, -0.05) is 0 Å². The molecule has 0 aromatic carbocycles. The number of ketones is 1. The van der Waals surface area contributed by atoms with Crippen molar-refractivity contribution in [3.8, 4) is 0 Å². The van der Waals surface area contributed by atoms with Gasteiger partial charge >= 0.3 is 17.9 Å². The molecule has 4 heterocycles. The lowest BCUT2D eigenvalue weighted by atomic mass is 10.1. The van der Waals surface area contributed by atoms with Crippen LogP contribution in [0.15, 0.2) is 24.3 Å². The fourth-order valence-electron chi connectivity index (χ4n) is 4.06. The monoisotopic (exact) mass is 468 g/mol. The van der Waals surface area contributed by atoms with Crippen molar-refractivity contribution in [2.75, 3.05) is 26.4 Å². The Bertz CT molecular complexity index is 850. The summed E-state index contributed by atoms with van der Waals surface area (Å²) >= 11 is 0. The number of hydrogen-bond acceptors (Lipinski definition) is 12. The molecule has 0 radical (unpaired) electrons. The zero-order valence-corrected chi connectivity index (χ0v) is 17.7. The summed E-state index contributed by atoms with van der Waals surface area (Å²) in [7, 11) is 0. The second-order valence-electron chi connectivity index (χ2n) is 7.96. The van der Waals surface area contributed by atoms with Crippen molar-refractivity contribution in [3.05, 3.63) is 24.3 Å². The SMILES string of the molecule is CC(=O)/C=C/C(=O)O[C@H]1CO[C@H]2[C@@H]1OC[C@H]2OC(=O)/C=C/C(=O)O[C@H]1CO[C@H]2[C@@H]1OC[C@H]2O. The highest BCUT2D eigenvalue weighted by Crippen LogP contribution is 2.31. The molecule has 0 saturated carbocycles. The fourth-order valence-corrected chi connectivity index (χ4v) is 4.06. The van der Waals surface area contributed by atoms with E-state index < -0.39 is 66.7 Å². The van der Waals surface area contributed by atoms with Crippen molar-refractivity contribution in [3.63, 3.8) is 0 Å². The van der Waals surface area contributed by atoms with Crippen molar-refractivity contribution in [2.24, 2.45) is 0 Å². The molecule has 1 N–H and O–H groups in total. The Hall–Kier alpha value is -2.64. The van der Waals surface area contributed by atoms with E-state index in [9.17, 15) is 24.3 Å². The van der Waals surface area contributed by atoms with Crippen LogP contribution in [0.3, 0.4) is 0 Å². The van der Waals surface area contributed by atoms with Crippen molar-refractivity contribution in [1.29, 1.82) is 0 Å². The number of fused-ring (bicyclic) bond motifs is 2. The third kappa shape index (κ3) is 5.47. The Kier molecular flexibility index (Phi) is 7.20. The van der Waals surface area contributed by atoms with Crippen LogP contribution in [-0.4, -0.2) is 104 Å². The summed E-state index contributed by atoms with van der Waals surface area (Å²) in [5, 5.41) is 9.71. The predicted octanol–water partition coefficient (Wildman–Crippen LogP) is -1.62. The van der Waals surface area contributed by atoms with Gasteiger partial charge in [0.05, 0.1) is 26.4 Å². The molecule has 0 aromatic rings. The molecular weight excluding hydrogens is 444 g/mol. The molecule has 4 saturated heterocycles. The smallest absolute Gasteiger partial charge is 0.331 e. The second kappa shape index (κ2) is 10.1. The maximum Gasteiger partial charge on any atom is 0.331 e. The summed E-state index contributed by atoms with van der Waals surface area (Å²) in [6.45, 7) is 1.58. The van der Waals surface area contributed by atoms with Gasteiger partial charge in [0.15, 0.2) is 24.1 Å². The van der Waals surface area contributed by atoms with Crippen LogP contribution in [0.5, 0.6) is 0 Å². The van der Waals surface area contributed by atoms with Gasteiger partial charge < -0.3 is 38.3 Å². The van der Waals surface area contributed by atoms with E-state index in [0.717, 1.165) is 24.3 Å². The van der Waals surface area contributed by atoms with Crippen molar-refractivity contribution in [1.82, 2.24) is 0 Å². The lowest BCUT2D eigenvalue weighted by molar-refractivity contribution is -0.151. The standard InChI is InChI=1S/C21H24O12/c1-10(22)2-3-15(24)32-13-8-29-21-14(9-30-20(13)21)33-17(26)5-4-16(25)31-12-7-28-18-11(23)6-27-19(12)18/h2-5,11-14,18-21,23H,6-9H2,1H3/b3-2+,5-4+/t11-,12+,13+,14-,18-,19-,20-,21-/m1/s1. The predicted molar refractivity (Wildman–Crippen MR) is 104 cm³/mol. The van der Waals surface area contributed by atoms with Gasteiger partial charge in [0.25, 0.3) is 0 Å². The number of ether oxygens (including phenoxy) is 7. The first-order valence-electron chi connectivity index (χ1n) is 10.4. The third-order valence-corrected chi connectivity index (χ3v) is 5.56. The molecule has 4 aliphatic rings. The van der Waals surface area contributed by atoms with Gasteiger partial charge in [-0.05, 0) is 13.0 Å². The molecule has 180 valence electrons. The highest BCUT2D eigenvalue weighted by molar-refractivity contribution is 5.94. The zero-order chi connectivity index (χ0) is 23.5. The van der Waals surface area contributed by atoms with Gasteiger partial charge in [-0.15, -0.1) is 0 Å². The highest BCUT2D eigenvalue weighted by atomic mass is 16.7. The number of carbonyl (C=O) groups excluding carboxylic acids is 4. The number of rotatable bonds is 7. The van der Waals surface area contributed by atoms with Crippen LogP contribution in [0.25, 0.3) is 0 Å².